The Morgan fingerprint density at radius 1 is 1.35 bits per heavy atom. The van der Waals surface area contributed by atoms with Crippen LogP contribution in [-0.4, -0.2) is 17.0 Å². The average molecular weight is 232 g/mol. The van der Waals surface area contributed by atoms with Gasteiger partial charge in [-0.05, 0) is 24.5 Å². The van der Waals surface area contributed by atoms with E-state index in [0.717, 1.165) is 5.57 Å². The van der Waals surface area contributed by atoms with Gasteiger partial charge in [0, 0.05) is 6.42 Å². The summed E-state index contributed by atoms with van der Waals surface area (Å²) in [5, 5.41) is 9.85. The van der Waals surface area contributed by atoms with Gasteiger partial charge >= 0.3 is 0 Å². The average Bonchev–Trinajstić information content (AvgIpc) is 2.25. The molecule has 0 rings (SSSR count). The number of carbonyl (C=O) groups excluding carboxylic acids is 1. The van der Waals surface area contributed by atoms with E-state index in [0.29, 0.717) is 24.0 Å². The molecular formula is C15H20O2. The molecule has 0 aromatic rings. The van der Waals surface area contributed by atoms with Crippen LogP contribution in [0.4, 0.5) is 0 Å². The predicted octanol–water partition coefficient (Wildman–Crippen LogP) is 3.13. The molecule has 0 amide bonds. The maximum atomic E-state index is 11.0. The first-order valence-electron chi connectivity index (χ1n) is 5.39. The molecule has 0 heterocycles. The molecule has 2 heteroatoms. The summed E-state index contributed by atoms with van der Waals surface area (Å²) in [5.41, 5.74) is 1.83. The van der Waals surface area contributed by atoms with Crippen LogP contribution in [0.15, 0.2) is 61.3 Å². The minimum atomic E-state index is -0.701. The van der Waals surface area contributed by atoms with Crippen molar-refractivity contribution in [2.75, 3.05) is 0 Å². The first kappa shape index (κ1) is 15.3. The molecule has 1 unspecified atom stereocenters. The maximum Gasteiger partial charge on any atom is 0.155 e. The van der Waals surface area contributed by atoms with E-state index in [9.17, 15) is 9.90 Å². The molecule has 0 aliphatic heterocycles. The Hall–Kier alpha value is -1.67. The zero-order valence-electron chi connectivity index (χ0n) is 10.4. The maximum absolute atomic E-state index is 11.0. The zero-order chi connectivity index (χ0) is 13.4. The number of rotatable bonds is 8. The molecule has 0 saturated carbocycles. The summed E-state index contributed by atoms with van der Waals surface area (Å²) in [6, 6.07) is 0. The molecule has 1 N–H and O–H groups in total. The summed E-state index contributed by atoms with van der Waals surface area (Å²) in [4.78, 5) is 11.0. The first-order valence-corrected chi connectivity index (χ1v) is 5.39. The van der Waals surface area contributed by atoms with Gasteiger partial charge in [0.25, 0.3) is 0 Å². The van der Waals surface area contributed by atoms with Gasteiger partial charge in [-0.1, -0.05) is 50.1 Å². The molecule has 0 spiro atoms. The molecule has 17 heavy (non-hydrogen) atoms. The smallest absolute Gasteiger partial charge is 0.155 e. The van der Waals surface area contributed by atoms with Crippen molar-refractivity contribution in [3.63, 3.8) is 0 Å². The van der Waals surface area contributed by atoms with Gasteiger partial charge in [-0.25, -0.2) is 0 Å². The first-order chi connectivity index (χ1) is 7.88. The number of aliphatic hydroxyl groups excluding tert-OH is 1. The van der Waals surface area contributed by atoms with Crippen molar-refractivity contribution in [2.45, 2.75) is 25.9 Å². The predicted molar refractivity (Wildman–Crippen MR) is 72.7 cm³/mol. The molecule has 1 atom stereocenters. The summed E-state index contributed by atoms with van der Waals surface area (Å²) in [5.74, 6) is -0.0799. The lowest BCUT2D eigenvalue weighted by molar-refractivity contribution is -0.113. The van der Waals surface area contributed by atoms with E-state index in [2.05, 4.69) is 26.3 Å². The highest BCUT2D eigenvalue weighted by Crippen LogP contribution is 2.17. The molecule has 0 bridgehead atoms. The Morgan fingerprint density at radius 3 is 2.41 bits per heavy atom. The Labute approximate surface area is 103 Å². The van der Waals surface area contributed by atoms with Crippen molar-refractivity contribution in [3.05, 3.63) is 61.3 Å². The van der Waals surface area contributed by atoms with Crippen molar-refractivity contribution in [2.24, 2.45) is 0 Å². The fraction of sp³-hybridized carbons (Fsp3) is 0.267. The molecule has 0 aromatic heterocycles. The Kier molecular flexibility index (Phi) is 6.83. The van der Waals surface area contributed by atoms with E-state index in [1.54, 1.807) is 18.2 Å². The lowest BCUT2D eigenvalue weighted by atomic mass is 9.97. The molecule has 0 aliphatic carbocycles. The number of hydrogen-bond acceptors (Lipinski definition) is 2. The highest BCUT2D eigenvalue weighted by atomic mass is 16.3. The number of ketones is 1. The van der Waals surface area contributed by atoms with Crippen LogP contribution < -0.4 is 0 Å². The summed E-state index contributed by atoms with van der Waals surface area (Å²) in [6.07, 6.45) is 5.20. The Morgan fingerprint density at radius 2 is 1.94 bits per heavy atom. The number of carbonyl (C=O) groups is 1. The number of Topliss-reactive ketones (excluding diaryl/α,β-unsaturated/α-hetero) is 1. The molecule has 2 nitrogen and oxygen atoms in total. The minimum absolute atomic E-state index is 0.0799. The van der Waals surface area contributed by atoms with E-state index in [4.69, 9.17) is 0 Å². The molecule has 0 saturated heterocycles. The third-order valence-corrected chi connectivity index (χ3v) is 2.33. The summed E-state index contributed by atoms with van der Waals surface area (Å²) < 4.78 is 0. The third-order valence-electron chi connectivity index (χ3n) is 2.33. The van der Waals surface area contributed by atoms with E-state index in [1.807, 2.05) is 0 Å². The van der Waals surface area contributed by atoms with Gasteiger partial charge in [0.15, 0.2) is 5.78 Å². The van der Waals surface area contributed by atoms with Crippen LogP contribution in [0.3, 0.4) is 0 Å². The van der Waals surface area contributed by atoms with Crippen LogP contribution in [0, 0.1) is 0 Å². The van der Waals surface area contributed by atoms with E-state index in [-0.39, 0.29) is 5.78 Å². The molecule has 0 aromatic carbocycles. The highest BCUT2D eigenvalue weighted by molar-refractivity contribution is 5.92. The molecular weight excluding hydrogens is 212 g/mol. The van der Waals surface area contributed by atoms with Crippen LogP contribution in [-0.2, 0) is 4.79 Å². The van der Waals surface area contributed by atoms with Crippen molar-refractivity contribution in [1.29, 1.82) is 0 Å². The second-order valence-corrected chi connectivity index (χ2v) is 3.97. The van der Waals surface area contributed by atoms with Crippen LogP contribution in [0.2, 0.25) is 0 Å². The highest BCUT2D eigenvalue weighted by Gasteiger charge is 2.12. The van der Waals surface area contributed by atoms with Gasteiger partial charge in [0.1, 0.15) is 0 Å². The molecule has 0 aliphatic rings. The van der Waals surface area contributed by atoms with Crippen LogP contribution in [0.1, 0.15) is 19.8 Å². The van der Waals surface area contributed by atoms with Gasteiger partial charge in [-0.15, -0.1) is 0 Å². The fourth-order valence-electron chi connectivity index (χ4n) is 1.18. The van der Waals surface area contributed by atoms with Gasteiger partial charge in [-0.2, -0.15) is 0 Å². The zero-order valence-corrected chi connectivity index (χ0v) is 10.4. The van der Waals surface area contributed by atoms with E-state index in [1.165, 1.54) is 6.92 Å². The number of aliphatic hydroxyl groups is 1. The SMILES string of the molecule is C=C/C=C\C(=C)CC(O)C(=C)CC(=C)C(C)=O. The van der Waals surface area contributed by atoms with Crippen LogP contribution in [0.5, 0.6) is 0 Å². The summed E-state index contributed by atoms with van der Waals surface area (Å²) in [6.45, 7) is 16.2. The molecule has 92 valence electrons. The van der Waals surface area contributed by atoms with Crippen molar-refractivity contribution < 1.29 is 9.90 Å². The minimum Gasteiger partial charge on any atom is -0.388 e. The number of hydrogen-bond donors (Lipinski definition) is 1. The summed E-state index contributed by atoms with van der Waals surface area (Å²) >= 11 is 0. The van der Waals surface area contributed by atoms with Crippen LogP contribution in [0.25, 0.3) is 0 Å². The van der Waals surface area contributed by atoms with E-state index < -0.39 is 6.10 Å². The second-order valence-electron chi connectivity index (χ2n) is 3.97. The van der Waals surface area contributed by atoms with Crippen LogP contribution >= 0.6 is 0 Å². The Bertz CT molecular complexity index is 372. The van der Waals surface area contributed by atoms with Crippen molar-refractivity contribution in [1.82, 2.24) is 0 Å². The van der Waals surface area contributed by atoms with E-state index >= 15 is 0 Å². The monoisotopic (exact) mass is 232 g/mol. The number of allylic oxidation sites excluding steroid dienone is 4. The third kappa shape index (κ3) is 6.48. The Balaban J connectivity index is 4.27. The quantitative estimate of drug-likeness (QED) is 0.396. The van der Waals surface area contributed by atoms with Crippen molar-refractivity contribution >= 4 is 5.78 Å². The standard InChI is InChI=1S/C15H20O2/c1-6-7-8-11(2)9-15(17)13(4)10-12(3)14(5)16/h6-8,15,17H,1-4,9-10H2,5H3/b8-7-. The lowest BCUT2D eigenvalue weighted by Crippen LogP contribution is -2.12. The topological polar surface area (TPSA) is 37.3 Å². The van der Waals surface area contributed by atoms with Crippen molar-refractivity contribution in [3.8, 4) is 0 Å². The normalized spacial score (nSPS) is 12.1. The van der Waals surface area contributed by atoms with Gasteiger partial charge in [0.2, 0.25) is 0 Å². The molecule has 0 fully saturated rings. The second kappa shape index (κ2) is 7.58. The van der Waals surface area contributed by atoms with Gasteiger partial charge in [-0.3, -0.25) is 4.79 Å². The lowest BCUT2D eigenvalue weighted by Gasteiger charge is -2.14. The largest absolute Gasteiger partial charge is 0.388 e. The fourth-order valence-corrected chi connectivity index (χ4v) is 1.18. The van der Waals surface area contributed by atoms with Gasteiger partial charge in [0.05, 0.1) is 6.10 Å². The van der Waals surface area contributed by atoms with Gasteiger partial charge < -0.3 is 5.11 Å². The summed E-state index contributed by atoms with van der Waals surface area (Å²) in [7, 11) is 0. The molecule has 0 radical (unpaired) electrons.